The molecule has 1 aliphatic heterocycles. The average molecular weight is 417 g/mol. The predicted molar refractivity (Wildman–Crippen MR) is 110 cm³/mol. The predicted octanol–water partition coefficient (Wildman–Crippen LogP) is 3.54. The summed E-state index contributed by atoms with van der Waals surface area (Å²) in [6.45, 7) is 0.629. The van der Waals surface area contributed by atoms with Gasteiger partial charge in [0, 0.05) is 34.6 Å². The van der Waals surface area contributed by atoms with Gasteiger partial charge < -0.3 is 10.3 Å². The molecule has 0 fully saturated rings. The molecule has 0 aliphatic carbocycles. The first-order valence-corrected chi connectivity index (χ1v) is 10.5. The van der Waals surface area contributed by atoms with E-state index in [9.17, 15) is 13.2 Å². The number of hydrogen-bond acceptors (Lipinski definition) is 4. The van der Waals surface area contributed by atoms with E-state index in [1.807, 2.05) is 0 Å². The molecule has 2 aromatic carbocycles. The maximum absolute atomic E-state index is 12.5. The van der Waals surface area contributed by atoms with Crippen molar-refractivity contribution in [1.82, 2.24) is 9.71 Å². The van der Waals surface area contributed by atoms with Gasteiger partial charge in [0.15, 0.2) is 0 Å². The highest BCUT2D eigenvalue weighted by atomic mass is 35.5. The van der Waals surface area contributed by atoms with Gasteiger partial charge in [0.2, 0.25) is 0 Å². The molecule has 144 valence electrons. The molecule has 3 N–H and O–H groups in total. The Morgan fingerprint density at radius 2 is 2.00 bits per heavy atom. The molecular formula is C19H17ClN4O3S. The van der Waals surface area contributed by atoms with E-state index in [0.717, 1.165) is 17.3 Å². The molecular weight excluding hydrogens is 400 g/mol. The van der Waals surface area contributed by atoms with Crippen LogP contribution in [-0.2, 0) is 10.0 Å². The van der Waals surface area contributed by atoms with Crippen molar-refractivity contribution in [1.29, 1.82) is 0 Å². The normalized spacial score (nSPS) is 14.1. The number of rotatable bonds is 4. The number of amidine groups is 1. The molecule has 0 saturated heterocycles. The highest BCUT2D eigenvalue weighted by Crippen LogP contribution is 2.21. The van der Waals surface area contributed by atoms with Gasteiger partial charge in [0.05, 0.1) is 4.90 Å². The first-order valence-electron chi connectivity index (χ1n) is 8.66. The summed E-state index contributed by atoms with van der Waals surface area (Å²) in [5, 5.41) is 4.11. The number of carbonyl (C=O) groups is 1. The third kappa shape index (κ3) is 3.88. The zero-order valence-electron chi connectivity index (χ0n) is 14.7. The van der Waals surface area contributed by atoms with Gasteiger partial charge in [-0.15, -0.1) is 0 Å². The van der Waals surface area contributed by atoms with Crippen molar-refractivity contribution in [2.45, 2.75) is 17.7 Å². The first kappa shape index (κ1) is 18.5. The fourth-order valence-electron chi connectivity index (χ4n) is 3.00. The number of nitrogens with zero attached hydrogens (tertiary/aromatic N) is 1. The van der Waals surface area contributed by atoms with Gasteiger partial charge >= 0.3 is 0 Å². The highest BCUT2D eigenvalue weighted by Gasteiger charge is 2.19. The number of fused-ring (bicyclic) bond motifs is 1. The van der Waals surface area contributed by atoms with Crippen LogP contribution in [0.4, 0.5) is 5.69 Å². The zero-order valence-corrected chi connectivity index (χ0v) is 16.3. The van der Waals surface area contributed by atoms with E-state index in [0.29, 0.717) is 35.2 Å². The molecule has 9 heteroatoms. The Morgan fingerprint density at radius 3 is 2.79 bits per heavy atom. The Morgan fingerprint density at radius 1 is 1.14 bits per heavy atom. The number of aromatic amines is 1. The first-order chi connectivity index (χ1) is 13.4. The van der Waals surface area contributed by atoms with Crippen LogP contribution in [0, 0.1) is 0 Å². The molecule has 0 atom stereocenters. The largest absolute Gasteiger partial charge is 0.351 e. The smallest absolute Gasteiger partial charge is 0.272 e. The van der Waals surface area contributed by atoms with Gasteiger partial charge in [-0.05, 0) is 48.9 Å². The maximum atomic E-state index is 12.5. The van der Waals surface area contributed by atoms with Gasteiger partial charge in [-0.3, -0.25) is 14.5 Å². The number of amides is 1. The number of anilines is 1. The third-order valence-corrected chi connectivity index (χ3v) is 5.97. The van der Waals surface area contributed by atoms with Crippen molar-refractivity contribution < 1.29 is 13.2 Å². The van der Waals surface area contributed by atoms with Gasteiger partial charge in [-0.1, -0.05) is 17.7 Å². The minimum absolute atomic E-state index is 0.0586. The minimum Gasteiger partial charge on any atom is -0.351 e. The molecule has 28 heavy (non-hydrogen) atoms. The van der Waals surface area contributed by atoms with Crippen molar-refractivity contribution in [3.63, 3.8) is 0 Å². The standard InChI is InChI=1S/C19H17ClN4O3S/c20-13-6-7-16-12(9-13)10-17(23-16)19(25)22-14-3-1-4-15(11-14)28(26,27)24-18-5-2-8-21-18/h1,3-4,6-7,9-11,23H,2,5,8H2,(H,21,24)(H,22,25). The molecule has 0 spiro atoms. The molecule has 4 rings (SSSR count). The summed E-state index contributed by atoms with van der Waals surface area (Å²) in [6.07, 6.45) is 1.45. The van der Waals surface area contributed by atoms with Crippen LogP contribution in [0.3, 0.4) is 0 Å². The minimum atomic E-state index is -3.75. The van der Waals surface area contributed by atoms with Crippen molar-refractivity contribution in [3.8, 4) is 0 Å². The number of aliphatic imine (C=N–C) groups is 1. The number of sulfonamides is 1. The van der Waals surface area contributed by atoms with Crippen molar-refractivity contribution in [2.24, 2.45) is 4.99 Å². The fraction of sp³-hybridized carbons (Fsp3) is 0.158. The fourth-order valence-corrected chi connectivity index (χ4v) is 4.32. The van der Waals surface area contributed by atoms with E-state index in [1.54, 1.807) is 36.4 Å². The molecule has 3 aromatic rings. The van der Waals surface area contributed by atoms with Crippen LogP contribution in [0.15, 0.2) is 58.4 Å². The van der Waals surface area contributed by atoms with Crippen molar-refractivity contribution in [2.75, 3.05) is 11.9 Å². The summed E-state index contributed by atoms with van der Waals surface area (Å²) in [5.41, 5.74) is 1.51. The van der Waals surface area contributed by atoms with Crippen LogP contribution in [0.5, 0.6) is 0 Å². The second kappa shape index (κ2) is 7.29. The second-order valence-electron chi connectivity index (χ2n) is 6.43. The summed E-state index contributed by atoms with van der Waals surface area (Å²) < 4.78 is 27.5. The summed E-state index contributed by atoms with van der Waals surface area (Å²) in [5.74, 6) is 0.0844. The molecule has 2 heterocycles. The van der Waals surface area contributed by atoms with E-state index in [4.69, 9.17) is 11.6 Å². The number of halogens is 1. The molecule has 7 nitrogen and oxygen atoms in total. The lowest BCUT2D eigenvalue weighted by molar-refractivity contribution is 0.102. The van der Waals surface area contributed by atoms with E-state index < -0.39 is 10.0 Å². The molecule has 0 unspecified atom stereocenters. The number of benzene rings is 2. The number of hydrogen-bond donors (Lipinski definition) is 3. The Bertz CT molecular complexity index is 1200. The molecule has 1 aromatic heterocycles. The number of nitrogens with one attached hydrogen (secondary N) is 3. The maximum Gasteiger partial charge on any atom is 0.272 e. The lowest BCUT2D eigenvalue weighted by Gasteiger charge is -2.09. The Hall–Kier alpha value is -2.84. The van der Waals surface area contributed by atoms with E-state index in [1.165, 1.54) is 12.1 Å². The van der Waals surface area contributed by atoms with Crippen LogP contribution >= 0.6 is 11.6 Å². The van der Waals surface area contributed by atoms with E-state index >= 15 is 0 Å². The number of carbonyl (C=O) groups excluding carboxylic acids is 1. The SMILES string of the molecule is O=C(Nc1cccc(S(=O)(=O)NC2=NCCC2)c1)c1cc2cc(Cl)ccc2[nH]1. The van der Waals surface area contributed by atoms with Crippen LogP contribution in [-0.4, -0.2) is 31.7 Å². The van der Waals surface area contributed by atoms with Gasteiger partial charge in [0.25, 0.3) is 15.9 Å². The summed E-state index contributed by atoms with van der Waals surface area (Å²) in [7, 11) is -3.75. The number of H-pyrrole nitrogens is 1. The van der Waals surface area contributed by atoms with Gasteiger partial charge in [-0.25, -0.2) is 8.42 Å². The quantitative estimate of drug-likeness (QED) is 0.605. The molecule has 1 amide bonds. The monoisotopic (exact) mass is 416 g/mol. The van der Waals surface area contributed by atoms with E-state index in [2.05, 4.69) is 20.0 Å². The van der Waals surface area contributed by atoms with Gasteiger partial charge in [0.1, 0.15) is 11.5 Å². The summed E-state index contributed by atoms with van der Waals surface area (Å²) in [4.78, 5) is 19.8. The average Bonchev–Trinajstić information content (AvgIpc) is 3.30. The zero-order chi connectivity index (χ0) is 19.7. The Balaban J connectivity index is 1.54. The topological polar surface area (TPSA) is 103 Å². The lowest BCUT2D eigenvalue weighted by atomic mass is 10.2. The molecule has 0 radical (unpaired) electrons. The molecule has 0 saturated carbocycles. The van der Waals surface area contributed by atoms with Crippen molar-refractivity contribution in [3.05, 3.63) is 59.2 Å². The highest BCUT2D eigenvalue weighted by molar-refractivity contribution is 7.90. The van der Waals surface area contributed by atoms with E-state index in [-0.39, 0.29) is 10.8 Å². The lowest BCUT2D eigenvalue weighted by Crippen LogP contribution is -2.29. The third-order valence-electron chi connectivity index (χ3n) is 4.36. The van der Waals surface area contributed by atoms with Gasteiger partial charge in [-0.2, -0.15) is 0 Å². The molecule has 1 aliphatic rings. The Kier molecular flexibility index (Phi) is 4.82. The van der Waals surface area contributed by atoms with Crippen LogP contribution in [0.25, 0.3) is 10.9 Å². The van der Waals surface area contributed by atoms with Crippen LogP contribution < -0.4 is 10.0 Å². The summed E-state index contributed by atoms with van der Waals surface area (Å²) >= 11 is 5.97. The Labute approximate surface area is 166 Å². The van der Waals surface area contributed by atoms with Crippen LogP contribution in [0.2, 0.25) is 5.02 Å². The van der Waals surface area contributed by atoms with Crippen molar-refractivity contribution >= 4 is 50.0 Å². The molecule has 0 bridgehead atoms. The number of aromatic nitrogens is 1. The summed E-state index contributed by atoms with van der Waals surface area (Å²) in [6, 6.07) is 13.1. The second-order valence-corrected chi connectivity index (χ2v) is 8.55. The van der Waals surface area contributed by atoms with Crippen LogP contribution in [0.1, 0.15) is 23.3 Å².